The van der Waals surface area contributed by atoms with Gasteiger partial charge in [-0.2, -0.15) is 0 Å². The summed E-state index contributed by atoms with van der Waals surface area (Å²) in [4.78, 5) is 0. The van der Waals surface area contributed by atoms with Crippen LogP contribution in [0.4, 0.5) is 0 Å². The first-order valence-corrected chi connectivity index (χ1v) is 9.00. The molecule has 2 N–H and O–H groups in total. The molecule has 0 spiro atoms. The van der Waals surface area contributed by atoms with Crippen molar-refractivity contribution >= 4 is 10.0 Å². The topological polar surface area (TPSA) is 58.2 Å². The Bertz CT molecular complexity index is 298. The zero-order valence-electron chi connectivity index (χ0n) is 11.6. The van der Waals surface area contributed by atoms with E-state index in [1.165, 1.54) is 19.3 Å². The van der Waals surface area contributed by atoms with Crippen LogP contribution in [-0.4, -0.2) is 33.3 Å². The number of unbranched alkanes of at least 4 members (excludes halogenated alkanes) is 5. The molecule has 4 nitrogen and oxygen atoms in total. The molecule has 108 valence electrons. The van der Waals surface area contributed by atoms with Gasteiger partial charge >= 0.3 is 0 Å². The van der Waals surface area contributed by atoms with Crippen molar-refractivity contribution in [3.63, 3.8) is 0 Å². The molecule has 1 saturated heterocycles. The number of sulfonamides is 1. The maximum absolute atomic E-state index is 11.7. The zero-order valence-corrected chi connectivity index (χ0v) is 12.4. The molecule has 0 aromatic rings. The predicted octanol–water partition coefficient (Wildman–Crippen LogP) is 2.02. The summed E-state index contributed by atoms with van der Waals surface area (Å²) in [5.74, 6) is 0.284. The SMILES string of the molecule is CCCCCCCCS(=O)(=O)NC[C@@H]1CCCN1. The molecule has 1 fully saturated rings. The third-order valence-corrected chi connectivity index (χ3v) is 4.91. The van der Waals surface area contributed by atoms with Gasteiger partial charge in [0.1, 0.15) is 0 Å². The molecule has 1 rings (SSSR count). The van der Waals surface area contributed by atoms with E-state index in [1.54, 1.807) is 0 Å². The highest BCUT2D eigenvalue weighted by Crippen LogP contribution is 2.07. The van der Waals surface area contributed by atoms with E-state index >= 15 is 0 Å². The van der Waals surface area contributed by atoms with E-state index in [4.69, 9.17) is 0 Å². The number of nitrogens with one attached hydrogen (secondary N) is 2. The van der Waals surface area contributed by atoms with Gasteiger partial charge in [-0.1, -0.05) is 39.0 Å². The summed E-state index contributed by atoms with van der Waals surface area (Å²) >= 11 is 0. The third-order valence-electron chi connectivity index (χ3n) is 3.48. The van der Waals surface area contributed by atoms with Crippen LogP contribution in [0.1, 0.15) is 58.3 Å². The van der Waals surface area contributed by atoms with Crippen molar-refractivity contribution in [3.05, 3.63) is 0 Å². The monoisotopic (exact) mass is 276 g/mol. The van der Waals surface area contributed by atoms with Gasteiger partial charge in [0.25, 0.3) is 0 Å². The van der Waals surface area contributed by atoms with E-state index in [0.29, 0.717) is 12.6 Å². The molecule has 1 aliphatic heterocycles. The molecule has 0 radical (unpaired) electrons. The summed E-state index contributed by atoms with van der Waals surface area (Å²) in [5, 5.41) is 3.29. The van der Waals surface area contributed by atoms with Gasteiger partial charge in [-0.25, -0.2) is 13.1 Å². The summed E-state index contributed by atoms with van der Waals surface area (Å²) in [6.45, 7) is 3.76. The molecule has 1 aliphatic rings. The molecular formula is C13H28N2O2S. The van der Waals surface area contributed by atoms with Crippen LogP contribution >= 0.6 is 0 Å². The van der Waals surface area contributed by atoms with E-state index in [-0.39, 0.29) is 5.75 Å². The van der Waals surface area contributed by atoms with Crippen LogP contribution in [0.25, 0.3) is 0 Å². The Morgan fingerprint density at radius 1 is 1.17 bits per heavy atom. The van der Waals surface area contributed by atoms with Crippen LogP contribution < -0.4 is 10.0 Å². The molecule has 0 amide bonds. The van der Waals surface area contributed by atoms with Crippen LogP contribution in [0.3, 0.4) is 0 Å². The quantitative estimate of drug-likeness (QED) is 0.600. The van der Waals surface area contributed by atoms with E-state index in [2.05, 4.69) is 17.0 Å². The molecule has 18 heavy (non-hydrogen) atoms. The van der Waals surface area contributed by atoms with E-state index in [0.717, 1.165) is 38.6 Å². The van der Waals surface area contributed by atoms with Crippen molar-refractivity contribution in [2.45, 2.75) is 64.3 Å². The Hall–Kier alpha value is -0.130. The zero-order chi connectivity index (χ0) is 13.3. The number of rotatable bonds is 10. The summed E-state index contributed by atoms with van der Waals surface area (Å²) < 4.78 is 26.2. The van der Waals surface area contributed by atoms with Crippen molar-refractivity contribution in [1.29, 1.82) is 0 Å². The normalized spacial score (nSPS) is 20.4. The van der Waals surface area contributed by atoms with Crippen LogP contribution in [-0.2, 0) is 10.0 Å². The lowest BCUT2D eigenvalue weighted by Gasteiger charge is -2.11. The van der Waals surface area contributed by atoms with Gasteiger partial charge in [0.2, 0.25) is 10.0 Å². The molecule has 0 aliphatic carbocycles. The molecule has 1 atom stereocenters. The Labute approximate surface area is 112 Å². The van der Waals surface area contributed by atoms with Gasteiger partial charge in [0.05, 0.1) is 5.75 Å². The molecule has 0 unspecified atom stereocenters. The summed E-state index contributed by atoms with van der Waals surface area (Å²) in [6, 6.07) is 0.337. The van der Waals surface area contributed by atoms with Gasteiger partial charge in [-0.15, -0.1) is 0 Å². The van der Waals surface area contributed by atoms with Crippen molar-refractivity contribution in [3.8, 4) is 0 Å². The minimum Gasteiger partial charge on any atom is -0.313 e. The standard InChI is InChI=1S/C13H28N2O2S/c1-2-3-4-5-6-7-11-18(16,17)15-12-13-9-8-10-14-13/h13-15H,2-12H2,1H3/t13-/m0/s1. The fourth-order valence-corrected chi connectivity index (χ4v) is 3.49. The number of hydrogen-bond acceptors (Lipinski definition) is 3. The van der Waals surface area contributed by atoms with Crippen molar-refractivity contribution in [2.24, 2.45) is 0 Å². The second kappa shape index (κ2) is 8.88. The Morgan fingerprint density at radius 3 is 2.56 bits per heavy atom. The summed E-state index contributed by atoms with van der Waals surface area (Å²) in [7, 11) is -3.05. The lowest BCUT2D eigenvalue weighted by atomic mass is 10.1. The van der Waals surface area contributed by atoms with Gasteiger partial charge in [-0.3, -0.25) is 0 Å². The van der Waals surface area contributed by atoms with Crippen LogP contribution in [0.2, 0.25) is 0 Å². The molecule has 0 aromatic carbocycles. The van der Waals surface area contributed by atoms with Gasteiger partial charge in [0, 0.05) is 12.6 Å². The molecule has 1 heterocycles. The average molecular weight is 276 g/mol. The van der Waals surface area contributed by atoms with Crippen LogP contribution in [0.15, 0.2) is 0 Å². The van der Waals surface area contributed by atoms with Gasteiger partial charge in [0.15, 0.2) is 0 Å². The highest BCUT2D eigenvalue weighted by molar-refractivity contribution is 7.89. The maximum atomic E-state index is 11.7. The number of hydrogen-bond donors (Lipinski definition) is 2. The van der Waals surface area contributed by atoms with Crippen molar-refractivity contribution in [2.75, 3.05) is 18.8 Å². The molecule has 0 bridgehead atoms. The van der Waals surface area contributed by atoms with E-state index < -0.39 is 10.0 Å². The average Bonchev–Trinajstić information content (AvgIpc) is 2.84. The molecule has 0 saturated carbocycles. The van der Waals surface area contributed by atoms with E-state index in [9.17, 15) is 8.42 Å². The predicted molar refractivity (Wildman–Crippen MR) is 76.2 cm³/mol. The Balaban J connectivity index is 2.03. The largest absolute Gasteiger partial charge is 0.313 e. The van der Waals surface area contributed by atoms with Crippen molar-refractivity contribution < 1.29 is 8.42 Å². The Morgan fingerprint density at radius 2 is 1.89 bits per heavy atom. The van der Waals surface area contributed by atoms with Gasteiger partial charge in [-0.05, 0) is 25.8 Å². The smallest absolute Gasteiger partial charge is 0.211 e. The fraction of sp³-hybridized carbons (Fsp3) is 1.00. The minimum absolute atomic E-state index is 0.284. The van der Waals surface area contributed by atoms with Crippen LogP contribution in [0, 0.1) is 0 Å². The molecule has 5 heteroatoms. The first-order chi connectivity index (χ1) is 8.64. The maximum Gasteiger partial charge on any atom is 0.211 e. The lowest BCUT2D eigenvalue weighted by molar-refractivity contribution is 0.546. The summed E-state index contributed by atoms with van der Waals surface area (Å²) in [5.41, 5.74) is 0. The van der Waals surface area contributed by atoms with Crippen molar-refractivity contribution in [1.82, 2.24) is 10.0 Å². The highest BCUT2D eigenvalue weighted by Gasteiger charge is 2.17. The van der Waals surface area contributed by atoms with E-state index in [1.807, 2.05) is 0 Å². The first kappa shape index (κ1) is 15.9. The second-order valence-electron chi connectivity index (χ2n) is 5.23. The molecule has 0 aromatic heterocycles. The first-order valence-electron chi connectivity index (χ1n) is 7.35. The summed E-state index contributed by atoms with van der Waals surface area (Å²) in [6.07, 6.45) is 8.94. The Kier molecular flexibility index (Phi) is 7.86. The van der Waals surface area contributed by atoms with Crippen LogP contribution in [0.5, 0.6) is 0 Å². The fourth-order valence-electron chi connectivity index (χ4n) is 2.30. The third kappa shape index (κ3) is 7.34. The minimum atomic E-state index is -3.05. The lowest BCUT2D eigenvalue weighted by Crippen LogP contribution is -2.38. The highest BCUT2D eigenvalue weighted by atomic mass is 32.2. The van der Waals surface area contributed by atoms with Gasteiger partial charge < -0.3 is 5.32 Å². The second-order valence-corrected chi connectivity index (χ2v) is 7.15. The molecular weight excluding hydrogens is 248 g/mol.